The number of hydrogen-bond donors (Lipinski definition) is 4. The van der Waals surface area contributed by atoms with Crippen molar-refractivity contribution in [2.24, 2.45) is 9.98 Å². The Morgan fingerprint density at radius 1 is 1.24 bits per heavy atom. The lowest BCUT2D eigenvalue weighted by molar-refractivity contribution is 0.399. The van der Waals surface area contributed by atoms with Gasteiger partial charge >= 0.3 is 0 Å². The quantitative estimate of drug-likeness (QED) is 0.528. The van der Waals surface area contributed by atoms with Crippen molar-refractivity contribution in [1.82, 2.24) is 16.0 Å². The number of nitrogens with one attached hydrogen (secondary N) is 3. The number of hydrogen-bond acceptors (Lipinski definition) is 5. The lowest BCUT2D eigenvalue weighted by atomic mass is 10.3. The van der Waals surface area contributed by atoms with Gasteiger partial charge in [-0.25, -0.2) is 0 Å². The zero-order valence-corrected chi connectivity index (χ0v) is 11.3. The Balaban J connectivity index is 0. The SMILES string of the molecule is C=NC1=C(NC)NC(=C)NC1=NC.CC.CO. The standard InChI is InChI=1S/C8H13N5.C2H6.CH4O/c1-5-12-7(10-3)6(9-2)8(11-4)13-5;2*1-2/h10,12H,1-2H2,3-4H3,(H,11,13);1-2H3;2H,1H3. The van der Waals surface area contributed by atoms with E-state index >= 15 is 0 Å². The predicted octanol–water partition coefficient (Wildman–Crippen LogP) is 0.403. The van der Waals surface area contributed by atoms with Gasteiger partial charge in [0, 0.05) is 21.2 Å². The highest BCUT2D eigenvalue weighted by molar-refractivity contribution is 6.01. The van der Waals surface area contributed by atoms with Crippen molar-refractivity contribution in [1.29, 1.82) is 0 Å². The maximum Gasteiger partial charge on any atom is 0.156 e. The molecule has 0 aliphatic carbocycles. The van der Waals surface area contributed by atoms with E-state index in [0.29, 0.717) is 17.4 Å². The molecule has 17 heavy (non-hydrogen) atoms. The van der Waals surface area contributed by atoms with Crippen molar-refractivity contribution < 1.29 is 5.11 Å². The fraction of sp³-hybridized carbons (Fsp3) is 0.455. The van der Waals surface area contributed by atoms with Gasteiger partial charge in [0.1, 0.15) is 17.3 Å². The zero-order chi connectivity index (χ0) is 13.8. The number of aliphatic hydroxyl groups is 1. The molecule has 0 unspecified atom stereocenters. The number of aliphatic imine (C=N–C) groups is 2. The monoisotopic (exact) mass is 241 g/mol. The summed E-state index contributed by atoms with van der Waals surface area (Å²) in [5.74, 6) is 2.07. The second-order valence-electron chi connectivity index (χ2n) is 2.43. The Hall–Kier alpha value is -1.82. The first-order valence-corrected chi connectivity index (χ1v) is 5.26. The summed E-state index contributed by atoms with van der Waals surface area (Å²) in [5, 5.41) is 15.9. The van der Waals surface area contributed by atoms with Crippen LogP contribution in [0.3, 0.4) is 0 Å². The minimum absolute atomic E-state index is 0.656. The first kappa shape index (κ1) is 17.6. The molecule has 0 spiro atoms. The average molecular weight is 241 g/mol. The van der Waals surface area contributed by atoms with Crippen LogP contribution < -0.4 is 16.0 Å². The molecule has 1 aliphatic heterocycles. The van der Waals surface area contributed by atoms with Crippen LogP contribution in [0.2, 0.25) is 0 Å². The lowest BCUT2D eigenvalue weighted by Crippen LogP contribution is -2.41. The van der Waals surface area contributed by atoms with E-state index in [1.165, 1.54) is 0 Å². The second-order valence-corrected chi connectivity index (χ2v) is 2.43. The summed E-state index contributed by atoms with van der Waals surface area (Å²) in [7, 11) is 4.47. The molecule has 98 valence electrons. The van der Waals surface area contributed by atoms with Crippen LogP contribution >= 0.6 is 0 Å². The molecule has 1 heterocycles. The van der Waals surface area contributed by atoms with E-state index in [9.17, 15) is 0 Å². The topological polar surface area (TPSA) is 81.0 Å². The van der Waals surface area contributed by atoms with E-state index < -0.39 is 0 Å². The van der Waals surface area contributed by atoms with E-state index in [4.69, 9.17) is 5.11 Å². The third kappa shape index (κ3) is 5.17. The van der Waals surface area contributed by atoms with Crippen molar-refractivity contribution in [2.75, 3.05) is 21.2 Å². The number of aliphatic hydroxyl groups excluding tert-OH is 1. The van der Waals surface area contributed by atoms with Crippen LogP contribution in [0.25, 0.3) is 0 Å². The van der Waals surface area contributed by atoms with Crippen molar-refractivity contribution in [2.45, 2.75) is 13.8 Å². The van der Waals surface area contributed by atoms with Gasteiger partial charge in [-0.05, 0) is 6.72 Å². The molecule has 6 nitrogen and oxygen atoms in total. The number of nitrogens with zero attached hydrogens (tertiary/aromatic N) is 2. The predicted molar refractivity (Wildman–Crippen MR) is 73.9 cm³/mol. The van der Waals surface area contributed by atoms with Crippen molar-refractivity contribution in [3.05, 3.63) is 23.9 Å². The van der Waals surface area contributed by atoms with Gasteiger partial charge in [0.15, 0.2) is 5.84 Å². The highest BCUT2D eigenvalue weighted by atomic mass is 16.2. The summed E-state index contributed by atoms with van der Waals surface area (Å²) in [6, 6.07) is 0. The van der Waals surface area contributed by atoms with Crippen LogP contribution in [-0.4, -0.2) is 38.9 Å². The summed E-state index contributed by atoms with van der Waals surface area (Å²) in [6.07, 6.45) is 0. The number of rotatable bonds is 2. The van der Waals surface area contributed by atoms with E-state index in [1.54, 1.807) is 14.1 Å². The Morgan fingerprint density at radius 2 is 1.76 bits per heavy atom. The minimum atomic E-state index is 0.656. The Bertz CT molecular complexity index is 307. The summed E-state index contributed by atoms with van der Waals surface area (Å²) in [6.45, 7) is 11.2. The van der Waals surface area contributed by atoms with Gasteiger partial charge in [0.2, 0.25) is 0 Å². The molecular formula is C11H23N5O. The summed E-state index contributed by atoms with van der Waals surface area (Å²) >= 11 is 0. The summed E-state index contributed by atoms with van der Waals surface area (Å²) in [4.78, 5) is 7.88. The zero-order valence-electron chi connectivity index (χ0n) is 11.3. The minimum Gasteiger partial charge on any atom is -0.400 e. The van der Waals surface area contributed by atoms with Gasteiger partial charge in [-0.2, -0.15) is 0 Å². The molecular weight excluding hydrogens is 218 g/mol. The maximum atomic E-state index is 7.00. The average Bonchev–Trinajstić information content (AvgIpc) is 2.42. The molecule has 0 aromatic heterocycles. The fourth-order valence-corrected chi connectivity index (χ4v) is 1.06. The fourth-order valence-electron chi connectivity index (χ4n) is 1.06. The molecule has 0 saturated heterocycles. The first-order valence-electron chi connectivity index (χ1n) is 5.26. The normalized spacial score (nSPS) is 15.6. The molecule has 0 atom stereocenters. The second kappa shape index (κ2) is 10.7. The number of amidine groups is 1. The molecule has 0 aromatic rings. The van der Waals surface area contributed by atoms with Crippen molar-refractivity contribution in [3.63, 3.8) is 0 Å². The van der Waals surface area contributed by atoms with Crippen LogP contribution in [-0.2, 0) is 0 Å². The molecule has 0 fully saturated rings. The van der Waals surface area contributed by atoms with E-state index in [2.05, 4.69) is 39.2 Å². The highest BCUT2D eigenvalue weighted by Crippen LogP contribution is 2.08. The molecule has 0 radical (unpaired) electrons. The van der Waals surface area contributed by atoms with Crippen molar-refractivity contribution in [3.8, 4) is 0 Å². The van der Waals surface area contributed by atoms with Gasteiger partial charge in [0.05, 0.1) is 0 Å². The molecule has 1 rings (SSSR count). The Labute approximate surface area is 103 Å². The van der Waals surface area contributed by atoms with Gasteiger partial charge in [-0.3, -0.25) is 9.98 Å². The summed E-state index contributed by atoms with van der Waals surface area (Å²) in [5.41, 5.74) is 0.664. The Morgan fingerprint density at radius 3 is 2.12 bits per heavy atom. The lowest BCUT2D eigenvalue weighted by Gasteiger charge is -2.23. The molecule has 0 amide bonds. The van der Waals surface area contributed by atoms with Crippen molar-refractivity contribution >= 4 is 12.6 Å². The van der Waals surface area contributed by atoms with E-state index in [1.807, 2.05) is 13.8 Å². The van der Waals surface area contributed by atoms with Gasteiger partial charge < -0.3 is 21.1 Å². The maximum absolute atomic E-state index is 7.00. The highest BCUT2D eigenvalue weighted by Gasteiger charge is 2.17. The van der Waals surface area contributed by atoms with Crippen LogP contribution in [0.15, 0.2) is 33.9 Å². The van der Waals surface area contributed by atoms with Gasteiger partial charge in [-0.15, -0.1) is 0 Å². The molecule has 0 saturated carbocycles. The van der Waals surface area contributed by atoms with E-state index in [-0.39, 0.29) is 0 Å². The van der Waals surface area contributed by atoms with E-state index in [0.717, 1.165) is 12.9 Å². The van der Waals surface area contributed by atoms with Crippen LogP contribution in [0.1, 0.15) is 13.8 Å². The van der Waals surface area contributed by atoms with Crippen LogP contribution in [0.5, 0.6) is 0 Å². The van der Waals surface area contributed by atoms with Crippen LogP contribution in [0.4, 0.5) is 0 Å². The smallest absolute Gasteiger partial charge is 0.156 e. The third-order valence-corrected chi connectivity index (χ3v) is 1.64. The molecule has 0 bridgehead atoms. The molecule has 0 aromatic carbocycles. The third-order valence-electron chi connectivity index (χ3n) is 1.64. The first-order chi connectivity index (χ1) is 8.22. The Kier molecular flexibility index (Phi) is 11.0. The van der Waals surface area contributed by atoms with Gasteiger partial charge in [-0.1, -0.05) is 20.4 Å². The molecule has 6 heteroatoms. The van der Waals surface area contributed by atoms with Crippen LogP contribution in [0, 0.1) is 0 Å². The molecule has 4 N–H and O–H groups in total. The van der Waals surface area contributed by atoms with Gasteiger partial charge in [0.25, 0.3) is 0 Å². The summed E-state index contributed by atoms with van der Waals surface area (Å²) < 4.78 is 0. The molecule has 1 aliphatic rings. The largest absolute Gasteiger partial charge is 0.400 e.